The van der Waals surface area contributed by atoms with Crippen molar-refractivity contribution in [2.45, 2.75) is 36.6 Å². The maximum atomic E-state index is 10.6. The van der Waals surface area contributed by atoms with Crippen molar-refractivity contribution in [2.24, 2.45) is 0 Å². The van der Waals surface area contributed by atoms with Crippen LogP contribution in [-0.4, -0.2) is 143 Å². The monoisotopic (exact) mass is 572 g/mol. The van der Waals surface area contributed by atoms with Gasteiger partial charge in [-0.1, -0.05) is 0 Å². The van der Waals surface area contributed by atoms with Crippen molar-refractivity contribution in [3.63, 3.8) is 0 Å². The Hall–Kier alpha value is -2.04. The second-order valence-electron chi connectivity index (χ2n) is 6.87. The maximum Gasteiger partial charge on any atom is 2.00 e. The van der Waals surface area contributed by atoms with Crippen LogP contribution in [-0.2, 0) is 28.6 Å². The number of esters is 3. The van der Waals surface area contributed by atoms with Gasteiger partial charge in [0, 0.05) is 17.3 Å². The van der Waals surface area contributed by atoms with E-state index in [2.05, 4.69) is 14.2 Å². The predicted molar refractivity (Wildman–Crippen MR) is 104 cm³/mol. The molecule has 3 heterocycles. The van der Waals surface area contributed by atoms with Gasteiger partial charge in [0.05, 0.1) is 19.8 Å². The number of carbonyl (C=O) groups excluding carboxylic acids is 3. The first-order valence-electron chi connectivity index (χ1n) is 9.53. The topological polar surface area (TPSA) is 330 Å². The molecule has 0 spiro atoms. The molecule has 0 unspecified atom stereocenters. The van der Waals surface area contributed by atoms with Gasteiger partial charge in [-0.3, -0.25) is 0 Å². The van der Waals surface area contributed by atoms with E-state index in [4.69, 9.17) is 46.0 Å². The molecule has 38 heavy (non-hydrogen) atoms. The second-order valence-corrected chi connectivity index (χ2v) is 6.87. The third kappa shape index (κ3) is 9.02. The van der Waals surface area contributed by atoms with Crippen LogP contribution in [0.5, 0.6) is 0 Å². The Balaban J connectivity index is 0. The van der Waals surface area contributed by atoms with Crippen LogP contribution >= 0.6 is 0 Å². The molecule has 18 nitrogen and oxygen atoms in total. The third-order valence-electron chi connectivity index (χ3n) is 4.37. The summed E-state index contributed by atoms with van der Waals surface area (Å²) in [7, 11) is 0. The first-order chi connectivity index (χ1) is 16.7. The van der Waals surface area contributed by atoms with Gasteiger partial charge in [-0.2, -0.15) is 0 Å². The number of aliphatic hydroxyl groups excluding tert-OH is 9. The second kappa shape index (κ2) is 16.8. The zero-order valence-electron chi connectivity index (χ0n) is 19.5. The van der Waals surface area contributed by atoms with Crippen LogP contribution in [0.1, 0.15) is 0 Å². The Morgan fingerprint density at radius 2 is 0.763 bits per heavy atom. The van der Waals surface area contributed by atoms with Gasteiger partial charge in [0.25, 0.3) is 0 Å². The zero-order chi connectivity index (χ0) is 27.9. The number of carbonyl (C=O) groups is 3. The molecule has 9 N–H and O–H groups in total. The van der Waals surface area contributed by atoms with Crippen molar-refractivity contribution >= 4 is 41.0 Å². The molecule has 20 heteroatoms. The fourth-order valence-corrected chi connectivity index (χ4v) is 2.44. The molecule has 0 saturated heterocycles. The number of ether oxygens (including phenoxy) is 3. The smallest absolute Gasteiger partial charge is 0.865 e. The molecule has 0 aliphatic carbocycles. The standard InChI is InChI=1S/3C6H8O6.Mg.Na/c3*7-1-2(8)5-3(9)4(10)6(11)12-5;;/h3*2,5,7-10H,1H2;;/q;;;+2;+1/p-3/t3*2-,5+;;/m000../s1. The van der Waals surface area contributed by atoms with Gasteiger partial charge in [0.1, 0.15) is 35.6 Å². The molecular weight excluding hydrogens is 551 g/mol. The molecule has 204 valence electrons. The average Bonchev–Trinajstić information content (AvgIpc) is 3.40. The number of hydrogen-bond donors (Lipinski definition) is 9. The van der Waals surface area contributed by atoms with Gasteiger partial charge in [0.2, 0.25) is 0 Å². The van der Waals surface area contributed by atoms with Crippen LogP contribution in [0, 0.1) is 0 Å². The maximum absolute atomic E-state index is 10.6. The molecule has 0 aromatic rings. The molecule has 0 radical (unpaired) electrons. The van der Waals surface area contributed by atoms with Crippen molar-refractivity contribution < 1.29 is 119 Å². The van der Waals surface area contributed by atoms with Crippen LogP contribution in [0.3, 0.4) is 0 Å². The van der Waals surface area contributed by atoms with Crippen molar-refractivity contribution in [3.05, 3.63) is 34.6 Å². The van der Waals surface area contributed by atoms with Gasteiger partial charge in [-0.05, 0) is 0 Å². The summed E-state index contributed by atoms with van der Waals surface area (Å²) in [5.74, 6) is -9.75. The van der Waals surface area contributed by atoms with Gasteiger partial charge in [0.15, 0.2) is 18.3 Å². The summed E-state index contributed by atoms with van der Waals surface area (Å²) in [5, 5.41) is 110. The molecule has 3 aliphatic rings. The van der Waals surface area contributed by atoms with Crippen LogP contribution in [0.15, 0.2) is 34.6 Å². The van der Waals surface area contributed by atoms with Gasteiger partial charge in [-0.25, -0.2) is 14.4 Å². The van der Waals surface area contributed by atoms with E-state index < -0.39 is 109 Å². The zero-order valence-corrected chi connectivity index (χ0v) is 22.9. The van der Waals surface area contributed by atoms with Crippen LogP contribution < -0.4 is 44.9 Å². The van der Waals surface area contributed by atoms with Crippen molar-refractivity contribution in [2.75, 3.05) is 19.8 Å². The number of aliphatic hydroxyl groups is 9. The first-order valence-corrected chi connectivity index (χ1v) is 9.53. The van der Waals surface area contributed by atoms with Gasteiger partial charge < -0.3 is 75.5 Å². The van der Waals surface area contributed by atoms with E-state index in [1.54, 1.807) is 0 Å². The fraction of sp³-hybridized carbons (Fsp3) is 0.500. The van der Waals surface area contributed by atoms with Crippen LogP contribution in [0.25, 0.3) is 0 Å². The molecule has 0 saturated carbocycles. The first kappa shape index (κ1) is 38.1. The number of hydrogen-bond acceptors (Lipinski definition) is 18. The Bertz CT molecular complexity index is 829. The normalized spacial score (nSPS) is 24.5. The number of cyclic esters (lactones) is 3. The summed E-state index contributed by atoms with van der Waals surface area (Å²) in [6.45, 7) is -2.10. The molecule has 0 bridgehead atoms. The molecular formula is C18H21MgNaO18. The molecule has 0 amide bonds. The van der Waals surface area contributed by atoms with Crippen molar-refractivity contribution in [1.29, 1.82) is 0 Å². The van der Waals surface area contributed by atoms with Crippen molar-refractivity contribution in [1.82, 2.24) is 0 Å². The third-order valence-corrected chi connectivity index (χ3v) is 4.37. The van der Waals surface area contributed by atoms with E-state index in [9.17, 15) is 29.7 Å². The van der Waals surface area contributed by atoms with Crippen LogP contribution in [0.4, 0.5) is 0 Å². The van der Waals surface area contributed by atoms with Gasteiger partial charge in [-0.15, -0.1) is 0 Å². The molecule has 3 aliphatic heterocycles. The Labute approximate surface area is 250 Å². The summed E-state index contributed by atoms with van der Waals surface area (Å²) in [4.78, 5) is 31.4. The van der Waals surface area contributed by atoms with E-state index in [1.165, 1.54) is 0 Å². The van der Waals surface area contributed by atoms with Crippen LogP contribution in [0.2, 0.25) is 0 Å². The largest absolute Gasteiger partial charge is 2.00 e. The summed E-state index contributed by atoms with van der Waals surface area (Å²) in [5.41, 5.74) is 0. The van der Waals surface area contributed by atoms with Gasteiger partial charge >= 0.3 is 70.5 Å². The Morgan fingerprint density at radius 3 is 0.868 bits per heavy atom. The summed E-state index contributed by atoms with van der Waals surface area (Å²) in [6, 6.07) is 0. The summed E-state index contributed by atoms with van der Waals surface area (Å²) >= 11 is 0. The molecule has 6 atom stereocenters. The summed E-state index contributed by atoms with van der Waals surface area (Å²) in [6.07, 6.45) is -8.64. The fourth-order valence-electron chi connectivity index (χ4n) is 2.44. The Kier molecular flexibility index (Phi) is 16.9. The SMILES string of the molecule is O=C1O[C@H]([C@@H](O)CO)C(O)=C1[O-].O=C1O[C@H]([C@@H](O)CO)C(O)=C1[O-].O=C1O[C@H]([C@@H](O)CO)C(O)=C1[O-].[Mg+2].[Na+]. The molecule has 0 aromatic carbocycles. The average molecular weight is 573 g/mol. The van der Waals surface area contributed by atoms with E-state index in [1.807, 2.05) is 0 Å². The Morgan fingerprint density at radius 1 is 0.579 bits per heavy atom. The minimum absolute atomic E-state index is 0. The van der Waals surface area contributed by atoms with E-state index in [0.717, 1.165) is 0 Å². The summed E-state index contributed by atoms with van der Waals surface area (Å²) < 4.78 is 12.8. The van der Waals surface area contributed by atoms with Crippen molar-refractivity contribution in [3.8, 4) is 0 Å². The minimum Gasteiger partial charge on any atom is -0.865 e. The van der Waals surface area contributed by atoms with E-state index >= 15 is 0 Å². The minimum atomic E-state index is -1.46. The predicted octanol–water partition coefficient (Wildman–Crippen LogP) is -11.2. The van der Waals surface area contributed by atoms with E-state index in [0.29, 0.717) is 0 Å². The molecule has 0 aromatic heterocycles. The molecule has 3 rings (SSSR count). The molecule has 0 fully saturated rings. The van der Waals surface area contributed by atoms with E-state index in [-0.39, 0.29) is 52.6 Å². The quantitative estimate of drug-likeness (QED) is 0.0809. The number of rotatable bonds is 6.